The quantitative estimate of drug-likeness (QED) is 0.919. The number of hydrogen-bond acceptors (Lipinski definition) is 3. The van der Waals surface area contributed by atoms with Gasteiger partial charge in [0, 0.05) is 6.54 Å². The van der Waals surface area contributed by atoms with E-state index in [-0.39, 0.29) is 17.6 Å². The largest absolute Gasteiger partial charge is 0.497 e. The standard InChI is InChI=1S/C20H24N2O2/c1-20(2)21-18(13-15-9-11-17(24-3)12-10-15)19(23)22(20)14-16-7-5-4-6-8-16/h4-12,18,21H,13-14H2,1-3H3/t18-/m0/s1. The average Bonchev–Trinajstić information content (AvgIpc) is 2.79. The lowest BCUT2D eigenvalue weighted by Gasteiger charge is -2.31. The first-order valence-electron chi connectivity index (χ1n) is 8.25. The summed E-state index contributed by atoms with van der Waals surface area (Å²) in [5, 5.41) is 3.47. The Kier molecular flexibility index (Phi) is 4.58. The van der Waals surface area contributed by atoms with Crippen molar-refractivity contribution in [1.82, 2.24) is 10.2 Å². The van der Waals surface area contributed by atoms with Gasteiger partial charge in [-0.2, -0.15) is 0 Å². The molecule has 0 saturated carbocycles. The Balaban J connectivity index is 1.73. The maximum absolute atomic E-state index is 12.9. The van der Waals surface area contributed by atoms with E-state index in [9.17, 15) is 4.79 Å². The average molecular weight is 324 g/mol. The number of methoxy groups -OCH3 is 1. The molecule has 1 aliphatic rings. The number of carbonyl (C=O) groups is 1. The Labute approximate surface area is 143 Å². The molecule has 1 heterocycles. The SMILES string of the molecule is COc1ccc(C[C@@H]2NC(C)(C)N(Cc3ccccc3)C2=O)cc1. The number of ether oxygens (including phenoxy) is 1. The predicted molar refractivity (Wildman–Crippen MR) is 94.7 cm³/mol. The van der Waals surface area contributed by atoms with Gasteiger partial charge in [-0.1, -0.05) is 42.5 Å². The van der Waals surface area contributed by atoms with Crippen LogP contribution in [0.25, 0.3) is 0 Å². The van der Waals surface area contributed by atoms with Crippen LogP contribution in [0.3, 0.4) is 0 Å². The highest BCUT2D eigenvalue weighted by atomic mass is 16.5. The molecule has 24 heavy (non-hydrogen) atoms. The van der Waals surface area contributed by atoms with E-state index in [1.165, 1.54) is 0 Å². The van der Waals surface area contributed by atoms with Crippen LogP contribution in [-0.2, 0) is 17.8 Å². The third-order valence-corrected chi connectivity index (χ3v) is 4.55. The number of benzene rings is 2. The van der Waals surface area contributed by atoms with Crippen molar-refractivity contribution in [3.05, 3.63) is 65.7 Å². The lowest BCUT2D eigenvalue weighted by Crippen LogP contribution is -2.46. The summed E-state index contributed by atoms with van der Waals surface area (Å²) in [4.78, 5) is 14.8. The summed E-state index contributed by atoms with van der Waals surface area (Å²) in [6.45, 7) is 4.74. The first-order valence-corrected chi connectivity index (χ1v) is 8.25. The minimum absolute atomic E-state index is 0.152. The van der Waals surface area contributed by atoms with Crippen LogP contribution >= 0.6 is 0 Å². The Morgan fingerprint density at radius 1 is 1.04 bits per heavy atom. The smallest absolute Gasteiger partial charge is 0.241 e. The van der Waals surface area contributed by atoms with Crippen molar-refractivity contribution in [2.24, 2.45) is 0 Å². The van der Waals surface area contributed by atoms with Gasteiger partial charge in [-0.05, 0) is 43.5 Å². The fourth-order valence-corrected chi connectivity index (χ4v) is 3.21. The van der Waals surface area contributed by atoms with Gasteiger partial charge < -0.3 is 9.64 Å². The molecule has 0 bridgehead atoms. The number of carbonyl (C=O) groups excluding carboxylic acids is 1. The molecule has 0 aliphatic carbocycles. The molecule has 2 aromatic carbocycles. The van der Waals surface area contributed by atoms with Crippen LogP contribution in [0.15, 0.2) is 54.6 Å². The molecule has 1 amide bonds. The van der Waals surface area contributed by atoms with Crippen molar-refractivity contribution in [2.45, 2.75) is 38.5 Å². The summed E-state index contributed by atoms with van der Waals surface area (Å²) in [5.74, 6) is 0.982. The molecule has 1 atom stereocenters. The molecule has 0 radical (unpaired) electrons. The van der Waals surface area contributed by atoms with E-state index in [1.807, 2.05) is 47.4 Å². The van der Waals surface area contributed by atoms with Gasteiger partial charge in [0.1, 0.15) is 5.75 Å². The maximum atomic E-state index is 12.9. The zero-order chi connectivity index (χ0) is 17.2. The molecule has 1 saturated heterocycles. The molecule has 0 unspecified atom stereocenters. The van der Waals surface area contributed by atoms with Crippen LogP contribution in [0.2, 0.25) is 0 Å². The van der Waals surface area contributed by atoms with E-state index in [0.29, 0.717) is 13.0 Å². The monoisotopic (exact) mass is 324 g/mol. The van der Waals surface area contributed by atoms with Gasteiger partial charge in [0.15, 0.2) is 0 Å². The Morgan fingerprint density at radius 3 is 2.33 bits per heavy atom. The summed E-state index contributed by atoms with van der Waals surface area (Å²) in [5.41, 5.74) is 1.91. The highest BCUT2D eigenvalue weighted by molar-refractivity contribution is 5.85. The van der Waals surface area contributed by atoms with E-state index in [2.05, 4.69) is 31.3 Å². The first kappa shape index (κ1) is 16.5. The number of rotatable bonds is 5. The minimum Gasteiger partial charge on any atom is -0.497 e. The maximum Gasteiger partial charge on any atom is 0.241 e. The van der Waals surface area contributed by atoms with Gasteiger partial charge in [0.2, 0.25) is 5.91 Å². The van der Waals surface area contributed by atoms with Crippen LogP contribution in [0.5, 0.6) is 5.75 Å². The highest BCUT2D eigenvalue weighted by Crippen LogP contribution is 2.25. The van der Waals surface area contributed by atoms with Crippen LogP contribution in [0.4, 0.5) is 0 Å². The van der Waals surface area contributed by atoms with Crippen LogP contribution in [-0.4, -0.2) is 29.6 Å². The van der Waals surface area contributed by atoms with Gasteiger partial charge >= 0.3 is 0 Å². The van der Waals surface area contributed by atoms with Gasteiger partial charge in [0.05, 0.1) is 18.8 Å². The van der Waals surface area contributed by atoms with E-state index < -0.39 is 0 Å². The van der Waals surface area contributed by atoms with Crippen molar-refractivity contribution < 1.29 is 9.53 Å². The highest BCUT2D eigenvalue weighted by Gasteiger charge is 2.43. The summed E-state index contributed by atoms with van der Waals surface area (Å²) < 4.78 is 5.19. The topological polar surface area (TPSA) is 41.6 Å². The van der Waals surface area contributed by atoms with E-state index in [4.69, 9.17) is 4.74 Å². The third kappa shape index (κ3) is 3.44. The van der Waals surface area contributed by atoms with Crippen LogP contribution in [0.1, 0.15) is 25.0 Å². The summed E-state index contributed by atoms with van der Waals surface area (Å²) in [6, 6.07) is 17.8. The van der Waals surface area contributed by atoms with Crippen LogP contribution in [0, 0.1) is 0 Å². The zero-order valence-corrected chi connectivity index (χ0v) is 14.5. The first-order chi connectivity index (χ1) is 11.5. The summed E-state index contributed by atoms with van der Waals surface area (Å²) in [6.07, 6.45) is 0.678. The Bertz CT molecular complexity index is 695. The lowest BCUT2D eigenvalue weighted by molar-refractivity contribution is -0.132. The molecule has 1 N–H and O–H groups in total. The van der Waals surface area contributed by atoms with Crippen LogP contribution < -0.4 is 10.1 Å². The molecule has 4 nitrogen and oxygen atoms in total. The minimum atomic E-state index is -0.357. The van der Waals surface area contributed by atoms with Gasteiger partial charge in [-0.3, -0.25) is 10.1 Å². The molecule has 0 spiro atoms. The van der Waals surface area contributed by atoms with Crippen molar-refractivity contribution in [1.29, 1.82) is 0 Å². The van der Waals surface area contributed by atoms with Gasteiger partial charge in [0.25, 0.3) is 0 Å². The van der Waals surface area contributed by atoms with E-state index >= 15 is 0 Å². The molecule has 4 heteroatoms. The molecular formula is C20H24N2O2. The second-order valence-electron chi connectivity index (χ2n) is 6.72. The third-order valence-electron chi connectivity index (χ3n) is 4.55. The Hall–Kier alpha value is -2.33. The lowest BCUT2D eigenvalue weighted by atomic mass is 10.1. The zero-order valence-electron chi connectivity index (χ0n) is 14.5. The van der Waals surface area contributed by atoms with Gasteiger partial charge in [-0.15, -0.1) is 0 Å². The van der Waals surface area contributed by atoms with Gasteiger partial charge in [-0.25, -0.2) is 0 Å². The fourth-order valence-electron chi connectivity index (χ4n) is 3.21. The molecule has 126 valence electrons. The molecule has 3 rings (SSSR count). The second kappa shape index (κ2) is 6.65. The molecular weight excluding hydrogens is 300 g/mol. The number of amides is 1. The van der Waals surface area contributed by atoms with E-state index in [1.54, 1.807) is 7.11 Å². The summed E-state index contributed by atoms with van der Waals surface area (Å²) in [7, 11) is 1.65. The number of hydrogen-bond donors (Lipinski definition) is 1. The normalized spacial score (nSPS) is 19.5. The predicted octanol–water partition coefficient (Wildman–Crippen LogP) is 2.97. The van der Waals surface area contributed by atoms with Crippen molar-refractivity contribution in [3.8, 4) is 5.75 Å². The molecule has 0 aromatic heterocycles. The molecule has 2 aromatic rings. The second-order valence-corrected chi connectivity index (χ2v) is 6.72. The summed E-state index contributed by atoms with van der Waals surface area (Å²) >= 11 is 0. The fraction of sp³-hybridized carbons (Fsp3) is 0.350. The van der Waals surface area contributed by atoms with Crippen molar-refractivity contribution in [2.75, 3.05) is 7.11 Å². The van der Waals surface area contributed by atoms with Crippen molar-refractivity contribution in [3.63, 3.8) is 0 Å². The number of nitrogens with one attached hydrogen (secondary N) is 1. The Morgan fingerprint density at radius 2 is 1.71 bits per heavy atom. The van der Waals surface area contributed by atoms with E-state index in [0.717, 1.165) is 16.9 Å². The molecule has 1 fully saturated rings. The molecule has 1 aliphatic heterocycles. The van der Waals surface area contributed by atoms with Crippen molar-refractivity contribution >= 4 is 5.91 Å². The number of nitrogens with zero attached hydrogens (tertiary/aromatic N) is 1.